The summed E-state index contributed by atoms with van der Waals surface area (Å²) in [5.74, 6) is 0.600. The predicted octanol–water partition coefficient (Wildman–Crippen LogP) is 0.973. The molecular weight excluding hydrogens is 182 g/mol. The van der Waals surface area contributed by atoms with Crippen molar-refractivity contribution >= 4 is 0 Å². The molecule has 5 nitrogen and oxygen atoms in total. The van der Waals surface area contributed by atoms with E-state index in [0.717, 1.165) is 5.69 Å². The van der Waals surface area contributed by atoms with Crippen LogP contribution in [-0.2, 0) is 6.54 Å². The summed E-state index contributed by atoms with van der Waals surface area (Å²) >= 11 is 0. The fraction of sp³-hybridized carbons (Fsp3) is 0.333. The van der Waals surface area contributed by atoms with E-state index in [1.54, 1.807) is 6.92 Å². The van der Waals surface area contributed by atoms with Crippen LogP contribution in [0.5, 0.6) is 0 Å². The van der Waals surface area contributed by atoms with E-state index in [-0.39, 0.29) is 0 Å². The van der Waals surface area contributed by atoms with E-state index in [0.29, 0.717) is 12.4 Å². The van der Waals surface area contributed by atoms with Crippen molar-refractivity contribution in [2.45, 2.75) is 19.6 Å². The van der Waals surface area contributed by atoms with Crippen LogP contribution >= 0.6 is 0 Å². The second-order valence-electron chi connectivity index (χ2n) is 3.08. The van der Waals surface area contributed by atoms with Gasteiger partial charge in [-0.15, -0.1) is 0 Å². The van der Waals surface area contributed by atoms with E-state index in [2.05, 4.69) is 14.7 Å². The number of aromatic nitrogens is 3. The SMILES string of the molecule is CC(O)c1cccn1Cc1ncon1. The van der Waals surface area contributed by atoms with Crippen molar-refractivity contribution in [1.29, 1.82) is 0 Å². The monoisotopic (exact) mass is 193 g/mol. The molecule has 0 aliphatic rings. The fourth-order valence-corrected chi connectivity index (χ4v) is 1.36. The van der Waals surface area contributed by atoms with Crippen molar-refractivity contribution in [3.05, 3.63) is 36.2 Å². The molecule has 14 heavy (non-hydrogen) atoms. The van der Waals surface area contributed by atoms with Crippen molar-refractivity contribution in [3.63, 3.8) is 0 Å². The van der Waals surface area contributed by atoms with Crippen LogP contribution in [0.15, 0.2) is 29.2 Å². The Morgan fingerprint density at radius 1 is 1.64 bits per heavy atom. The number of hydrogen-bond acceptors (Lipinski definition) is 4. The summed E-state index contributed by atoms with van der Waals surface area (Å²) in [5, 5.41) is 13.1. The average Bonchev–Trinajstić information content (AvgIpc) is 2.75. The smallest absolute Gasteiger partial charge is 0.213 e. The van der Waals surface area contributed by atoms with Gasteiger partial charge in [0.2, 0.25) is 6.39 Å². The van der Waals surface area contributed by atoms with Gasteiger partial charge in [-0.05, 0) is 19.1 Å². The third kappa shape index (κ3) is 1.67. The second kappa shape index (κ2) is 3.63. The highest BCUT2D eigenvalue weighted by Gasteiger charge is 2.08. The van der Waals surface area contributed by atoms with Gasteiger partial charge in [0, 0.05) is 11.9 Å². The van der Waals surface area contributed by atoms with Gasteiger partial charge in [-0.3, -0.25) is 0 Å². The first-order valence-corrected chi connectivity index (χ1v) is 4.35. The van der Waals surface area contributed by atoms with E-state index >= 15 is 0 Å². The van der Waals surface area contributed by atoms with Gasteiger partial charge in [-0.2, -0.15) is 4.98 Å². The molecule has 0 aromatic carbocycles. The van der Waals surface area contributed by atoms with E-state index in [1.165, 1.54) is 6.39 Å². The van der Waals surface area contributed by atoms with Gasteiger partial charge in [-0.25, -0.2) is 0 Å². The first-order valence-electron chi connectivity index (χ1n) is 4.35. The van der Waals surface area contributed by atoms with Crippen LogP contribution in [0.2, 0.25) is 0 Å². The van der Waals surface area contributed by atoms with Crippen molar-refractivity contribution in [2.75, 3.05) is 0 Å². The molecule has 2 aromatic rings. The van der Waals surface area contributed by atoms with Crippen LogP contribution in [0, 0.1) is 0 Å². The summed E-state index contributed by atoms with van der Waals surface area (Å²) in [6.45, 7) is 2.24. The number of rotatable bonds is 3. The number of aliphatic hydroxyl groups is 1. The molecule has 1 unspecified atom stereocenters. The molecule has 0 amide bonds. The Hall–Kier alpha value is -1.62. The largest absolute Gasteiger partial charge is 0.387 e. The highest BCUT2D eigenvalue weighted by Crippen LogP contribution is 2.13. The summed E-state index contributed by atoms with van der Waals surface area (Å²) in [5.41, 5.74) is 0.842. The van der Waals surface area contributed by atoms with Crippen molar-refractivity contribution in [3.8, 4) is 0 Å². The van der Waals surface area contributed by atoms with E-state index in [4.69, 9.17) is 0 Å². The standard InChI is InChI=1S/C9H11N3O2/c1-7(13)8-3-2-4-12(8)5-9-10-6-14-11-9/h2-4,6-7,13H,5H2,1H3. The van der Waals surface area contributed by atoms with Crippen LogP contribution in [0.3, 0.4) is 0 Å². The first-order chi connectivity index (χ1) is 6.77. The summed E-state index contributed by atoms with van der Waals surface area (Å²) in [6.07, 6.45) is 2.68. The molecule has 5 heteroatoms. The molecule has 74 valence electrons. The Kier molecular flexibility index (Phi) is 2.32. The molecule has 0 saturated heterocycles. The third-order valence-corrected chi connectivity index (χ3v) is 2.01. The highest BCUT2D eigenvalue weighted by atomic mass is 16.5. The molecule has 0 radical (unpaired) electrons. The average molecular weight is 193 g/mol. The van der Waals surface area contributed by atoms with Crippen molar-refractivity contribution < 1.29 is 9.63 Å². The number of hydrogen-bond donors (Lipinski definition) is 1. The van der Waals surface area contributed by atoms with Crippen LogP contribution < -0.4 is 0 Å². The minimum Gasteiger partial charge on any atom is -0.387 e. The molecule has 0 bridgehead atoms. The van der Waals surface area contributed by atoms with Crippen LogP contribution in [0.4, 0.5) is 0 Å². The topological polar surface area (TPSA) is 64.1 Å². The molecule has 2 heterocycles. The molecule has 2 rings (SSSR count). The van der Waals surface area contributed by atoms with E-state index in [9.17, 15) is 5.11 Å². The third-order valence-electron chi connectivity index (χ3n) is 2.01. The maximum atomic E-state index is 9.44. The Labute approximate surface area is 81.0 Å². The van der Waals surface area contributed by atoms with Crippen LogP contribution in [0.1, 0.15) is 24.5 Å². The fourth-order valence-electron chi connectivity index (χ4n) is 1.36. The summed E-state index contributed by atoms with van der Waals surface area (Å²) in [4.78, 5) is 3.91. The zero-order valence-corrected chi connectivity index (χ0v) is 7.79. The zero-order chi connectivity index (χ0) is 9.97. The number of aliphatic hydroxyl groups excluding tert-OH is 1. The van der Waals surface area contributed by atoms with Gasteiger partial charge in [0.25, 0.3) is 0 Å². The molecule has 0 aliphatic heterocycles. The van der Waals surface area contributed by atoms with Crippen LogP contribution in [-0.4, -0.2) is 19.8 Å². The molecule has 2 aromatic heterocycles. The molecular formula is C9H11N3O2. The summed E-state index contributed by atoms with van der Waals surface area (Å²) < 4.78 is 6.51. The number of nitrogens with zero attached hydrogens (tertiary/aromatic N) is 3. The van der Waals surface area contributed by atoms with E-state index < -0.39 is 6.10 Å². The quantitative estimate of drug-likeness (QED) is 0.788. The highest BCUT2D eigenvalue weighted by molar-refractivity contribution is 5.10. The predicted molar refractivity (Wildman–Crippen MR) is 48.5 cm³/mol. The lowest BCUT2D eigenvalue weighted by Crippen LogP contribution is -2.06. The van der Waals surface area contributed by atoms with Crippen molar-refractivity contribution in [2.24, 2.45) is 0 Å². The lowest BCUT2D eigenvalue weighted by Gasteiger charge is -2.08. The first kappa shape index (κ1) is 8.96. The molecule has 1 atom stereocenters. The van der Waals surface area contributed by atoms with Gasteiger partial charge >= 0.3 is 0 Å². The van der Waals surface area contributed by atoms with Gasteiger partial charge in [-0.1, -0.05) is 5.16 Å². The molecule has 0 saturated carbocycles. The van der Waals surface area contributed by atoms with Crippen LogP contribution in [0.25, 0.3) is 0 Å². The summed E-state index contributed by atoms with van der Waals surface area (Å²) in [7, 11) is 0. The minimum atomic E-state index is -0.489. The Morgan fingerprint density at radius 2 is 2.50 bits per heavy atom. The Balaban J connectivity index is 2.21. The second-order valence-corrected chi connectivity index (χ2v) is 3.08. The molecule has 0 aliphatic carbocycles. The van der Waals surface area contributed by atoms with E-state index in [1.807, 2.05) is 22.9 Å². The Bertz CT molecular complexity index is 392. The lowest BCUT2D eigenvalue weighted by atomic mass is 10.3. The van der Waals surface area contributed by atoms with Gasteiger partial charge in [0.05, 0.1) is 12.6 Å². The lowest BCUT2D eigenvalue weighted by molar-refractivity contribution is 0.189. The Morgan fingerprint density at radius 3 is 3.14 bits per heavy atom. The molecule has 0 fully saturated rings. The van der Waals surface area contributed by atoms with Gasteiger partial charge in [0.1, 0.15) is 0 Å². The zero-order valence-electron chi connectivity index (χ0n) is 7.79. The molecule has 0 spiro atoms. The van der Waals surface area contributed by atoms with Gasteiger partial charge < -0.3 is 14.2 Å². The molecule has 1 N–H and O–H groups in total. The summed E-state index contributed by atoms with van der Waals surface area (Å²) in [6, 6.07) is 3.74. The minimum absolute atomic E-state index is 0.489. The van der Waals surface area contributed by atoms with Crippen molar-refractivity contribution in [1.82, 2.24) is 14.7 Å². The maximum Gasteiger partial charge on any atom is 0.213 e. The van der Waals surface area contributed by atoms with Gasteiger partial charge in [0.15, 0.2) is 5.82 Å². The normalized spacial score (nSPS) is 13.0. The maximum absolute atomic E-state index is 9.44.